The molecule has 0 aromatic carbocycles. The van der Waals surface area contributed by atoms with Crippen LogP contribution in [0.5, 0.6) is 0 Å². The van der Waals surface area contributed by atoms with Crippen LogP contribution in [0.15, 0.2) is 16.8 Å². The zero-order valence-electron chi connectivity index (χ0n) is 14.4. The van der Waals surface area contributed by atoms with E-state index < -0.39 is 0 Å². The van der Waals surface area contributed by atoms with Crippen LogP contribution in [0.1, 0.15) is 42.5 Å². The molecule has 3 saturated heterocycles. The normalized spacial score (nSPS) is 28.6. The molecular weight excluding hydrogens is 358 g/mol. The summed E-state index contributed by atoms with van der Waals surface area (Å²) in [7, 11) is 0. The number of hydrogen-bond donors (Lipinski definition) is 1. The van der Waals surface area contributed by atoms with Gasteiger partial charge in [0.2, 0.25) is 5.91 Å². The molecule has 0 spiro atoms. The maximum Gasteiger partial charge on any atom is 0.254 e. The van der Waals surface area contributed by atoms with Crippen LogP contribution >= 0.6 is 23.7 Å². The van der Waals surface area contributed by atoms with Crippen LogP contribution in [-0.2, 0) is 4.79 Å². The number of fused-ring (bicyclic) bond motifs is 2. The molecule has 7 heteroatoms. The molecule has 0 saturated carbocycles. The van der Waals surface area contributed by atoms with Crippen molar-refractivity contribution in [3.05, 3.63) is 22.4 Å². The number of hydrogen-bond acceptors (Lipinski definition) is 4. The van der Waals surface area contributed by atoms with Gasteiger partial charge in [-0.2, -0.15) is 11.3 Å². The van der Waals surface area contributed by atoms with Crippen LogP contribution in [0, 0.1) is 5.92 Å². The molecule has 4 rings (SSSR count). The van der Waals surface area contributed by atoms with Crippen LogP contribution in [0.4, 0.5) is 0 Å². The standard InChI is InChI=1S/C18H25N3O2S.ClH/c22-17(11-13-9-15-1-2-16(10-13)19-15)20-4-6-21(7-5-20)18(23)14-3-8-24-12-14;/h3,8,12-13,15-16,19H,1-2,4-7,9-11H2;1H. The van der Waals surface area contributed by atoms with E-state index in [0.29, 0.717) is 50.6 Å². The van der Waals surface area contributed by atoms with Crippen molar-refractivity contribution in [2.24, 2.45) is 5.92 Å². The van der Waals surface area contributed by atoms with E-state index in [4.69, 9.17) is 0 Å². The molecule has 3 fully saturated rings. The Bertz CT molecular complexity index is 589. The Morgan fingerprint density at radius 2 is 1.72 bits per heavy atom. The van der Waals surface area contributed by atoms with E-state index in [0.717, 1.165) is 18.4 Å². The summed E-state index contributed by atoms with van der Waals surface area (Å²) >= 11 is 1.55. The number of carbonyl (C=O) groups excluding carboxylic acids is 2. The average molecular weight is 384 g/mol. The summed E-state index contributed by atoms with van der Waals surface area (Å²) in [6, 6.07) is 3.15. The quantitative estimate of drug-likeness (QED) is 0.871. The minimum atomic E-state index is 0. The van der Waals surface area contributed by atoms with Gasteiger partial charge in [-0.3, -0.25) is 9.59 Å². The molecule has 3 aliphatic rings. The van der Waals surface area contributed by atoms with E-state index in [1.165, 1.54) is 12.8 Å². The van der Waals surface area contributed by atoms with Crippen molar-refractivity contribution in [3.63, 3.8) is 0 Å². The van der Waals surface area contributed by atoms with E-state index in [1.807, 2.05) is 26.6 Å². The molecule has 2 bridgehead atoms. The lowest BCUT2D eigenvalue weighted by atomic mass is 9.89. The van der Waals surface area contributed by atoms with Crippen molar-refractivity contribution in [2.75, 3.05) is 26.2 Å². The molecule has 1 aromatic rings. The number of carbonyl (C=O) groups is 2. The molecule has 4 heterocycles. The third-order valence-corrected chi connectivity index (χ3v) is 6.40. The lowest BCUT2D eigenvalue weighted by Gasteiger charge is -2.36. The maximum absolute atomic E-state index is 12.6. The molecule has 2 amide bonds. The van der Waals surface area contributed by atoms with Gasteiger partial charge in [0.05, 0.1) is 5.56 Å². The maximum atomic E-state index is 12.6. The van der Waals surface area contributed by atoms with E-state index >= 15 is 0 Å². The Kier molecular flexibility index (Phi) is 6.02. The number of rotatable bonds is 3. The van der Waals surface area contributed by atoms with Gasteiger partial charge in [0.15, 0.2) is 0 Å². The van der Waals surface area contributed by atoms with E-state index in [-0.39, 0.29) is 24.2 Å². The summed E-state index contributed by atoms with van der Waals surface area (Å²) < 4.78 is 0. The second-order valence-corrected chi connectivity index (χ2v) is 8.14. The zero-order valence-corrected chi connectivity index (χ0v) is 16.0. The number of piperazine rings is 1. The highest BCUT2D eigenvalue weighted by Gasteiger charge is 2.35. The fraction of sp³-hybridized carbons (Fsp3) is 0.667. The molecule has 0 aliphatic carbocycles. The number of halogens is 1. The van der Waals surface area contributed by atoms with Gasteiger partial charge in [0.1, 0.15) is 0 Å². The summed E-state index contributed by atoms with van der Waals surface area (Å²) in [5.41, 5.74) is 0.768. The fourth-order valence-corrected chi connectivity index (χ4v) is 5.08. The Hall–Kier alpha value is -1.11. The topological polar surface area (TPSA) is 52.7 Å². The minimum absolute atomic E-state index is 0. The summed E-state index contributed by atoms with van der Waals surface area (Å²) in [6.45, 7) is 2.65. The molecule has 0 radical (unpaired) electrons. The predicted molar refractivity (Wildman–Crippen MR) is 101 cm³/mol. The third kappa shape index (κ3) is 4.18. The zero-order chi connectivity index (χ0) is 16.5. The molecular formula is C18H26ClN3O2S. The van der Waals surface area contributed by atoms with Crippen LogP contribution in [0.2, 0.25) is 0 Å². The van der Waals surface area contributed by atoms with Crippen molar-refractivity contribution < 1.29 is 9.59 Å². The minimum Gasteiger partial charge on any atom is -0.339 e. The number of amides is 2. The molecule has 2 atom stereocenters. The molecule has 2 unspecified atom stereocenters. The predicted octanol–water partition coefficient (Wildman–Crippen LogP) is 2.38. The van der Waals surface area contributed by atoms with Crippen LogP contribution in [0.3, 0.4) is 0 Å². The van der Waals surface area contributed by atoms with Crippen molar-refractivity contribution in [1.29, 1.82) is 0 Å². The first-order chi connectivity index (χ1) is 11.7. The van der Waals surface area contributed by atoms with Gasteiger partial charge < -0.3 is 15.1 Å². The number of thiophene rings is 1. The second kappa shape index (κ2) is 8.06. The molecule has 3 aliphatic heterocycles. The van der Waals surface area contributed by atoms with Gasteiger partial charge in [-0.05, 0) is 43.0 Å². The fourth-order valence-electron chi connectivity index (χ4n) is 4.45. The Morgan fingerprint density at radius 3 is 2.32 bits per heavy atom. The SMILES string of the molecule is Cl.O=C(CC1CC2CCC(C1)N2)N1CCN(C(=O)c2ccsc2)CC1. The highest BCUT2D eigenvalue weighted by molar-refractivity contribution is 7.08. The van der Waals surface area contributed by atoms with E-state index in [2.05, 4.69) is 5.32 Å². The smallest absolute Gasteiger partial charge is 0.254 e. The highest BCUT2D eigenvalue weighted by Crippen LogP contribution is 2.33. The average Bonchev–Trinajstić information content (AvgIpc) is 3.24. The van der Waals surface area contributed by atoms with Crippen molar-refractivity contribution >= 4 is 35.6 Å². The molecule has 5 nitrogen and oxygen atoms in total. The third-order valence-electron chi connectivity index (χ3n) is 5.72. The summed E-state index contributed by atoms with van der Waals surface area (Å²) in [4.78, 5) is 28.8. The van der Waals surface area contributed by atoms with Gasteiger partial charge in [-0.15, -0.1) is 12.4 Å². The summed E-state index contributed by atoms with van der Waals surface area (Å²) in [6.07, 6.45) is 5.54. The number of nitrogens with zero attached hydrogens (tertiary/aromatic N) is 2. The molecule has 1 N–H and O–H groups in total. The summed E-state index contributed by atoms with van der Waals surface area (Å²) in [5, 5.41) is 7.46. The Balaban J connectivity index is 0.00000182. The largest absolute Gasteiger partial charge is 0.339 e. The molecule has 25 heavy (non-hydrogen) atoms. The number of nitrogens with one attached hydrogen (secondary N) is 1. The molecule has 138 valence electrons. The van der Waals surface area contributed by atoms with E-state index in [1.54, 1.807) is 11.3 Å². The van der Waals surface area contributed by atoms with E-state index in [9.17, 15) is 9.59 Å². The van der Waals surface area contributed by atoms with Crippen LogP contribution in [0.25, 0.3) is 0 Å². The van der Waals surface area contributed by atoms with Gasteiger partial charge in [0, 0.05) is 50.1 Å². The lowest BCUT2D eigenvalue weighted by molar-refractivity contribution is -0.134. The van der Waals surface area contributed by atoms with Crippen LogP contribution < -0.4 is 5.32 Å². The van der Waals surface area contributed by atoms with Gasteiger partial charge >= 0.3 is 0 Å². The summed E-state index contributed by atoms with van der Waals surface area (Å²) in [5.74, 6) is 0.920. The van der Waals surface area contributed by atoms with Gasteiger partial charge in [-0.1, -0.05) is 0 Å². The Labute approximate surface area is 159 Å². The van der Waals surface area contributed by atoms with Crippen molar-refractivity contribution in [2.45, 2.75) is 44.2 Å². The number of piperidine rings is 1. The van der Waals surface area contributed by atoms with Gasteiger partial charge in [0.25, 0.3) is 5.91 Å². The Morgan fingerprint density at radius 1 is 1.08 bits per heavy atom. The van der Waals surface area contributed by atoms with Crippen LogP contribution in [-0.4, -0.2) is 59.9 Å². The van der Waals surface area contributed by atoms with Gasteiger partial charge in [-0.25, -0.2) is 0 Å². The monoisotopic (exact) mass is 383 g/mol. The highest BCUT2D eigenvalue weighted by atomic mass is 35.5. The molecule has 1 aromatic heterocycles. The second-order valence-electron chi connectivity index (χ2n) is 7.36. The van der Waals surface area contributed by atoms with Crippen molar-refractivity contribution in [1.82, 2.24) is 15.1 Å². The van der Waals surface area contributed by atoms with Crippen molar-refractivity contribution in [3.8, 4) is 0 Å². The lowest BCUT2D eigenvalue weighted by Crippen LogP contribution is -2.51. The first-order valence-corrected chi connectivity index (χ1v) is 9.98. The first-order valence-electron chi connectivity index (χ1n) is 9.04. The first kappa shape index (κ1) is 18.7.